The maximum absolute atomic E-state index is 13.7. The van der Waals surface area contributed by atoms with Crippen molar-refractivity contribution in [1.29, 1.82) is 0 Å². The summed E-state index contributed by atoms with van der Waals surface area (Å²) in [6.45, 7) is 0.206. The van der Waals surface area contributed by atoms with E-state index in [-0.39, 0.29) is 5.92 Å². The van der Waals surface area contributed by atoms with Crippen LogP contribution in [0.2, 0.25) is 0 Å². The molecule has 1 aliphatic heterocycles. The average molecular weight is 518 g/mol. The molecule has 1 fully saturated rings. The lowest BCUT2D eigenvalue weighted by Crippen LogP contribution is -2.67. The molecule has 0 saturated carbocycles. The summed E-state index contributed by atoms with van der Waals surface area (Å²) in [5, 5.41) is 0. The van der Waals surface area contributed by atoms with Crippen molar-refractivity contribution in [2.24, 2.45) is 5.92 Å². The summed E-state index contributed by atoms with van der Waals surface area (Å²) in [7, 11) is 0. The molecule has 1 saturated heterocycles. The van der Waals surface area contributed by atoms with Crippen molar-refractivity contribution in [1.82, 2.24) is 0 Å². The van der Waals surface area contributed by atoms with E-state index in [4.69, 9.17) is 9.47 Å². The molecule has 196 valence electrons. The highest BCUT2D eigenvalue weighted by Gasteiger charge is 2.87. The van der Waals surface area contributed by atoms with E-state index in [0.29, 0.717) is 18.8 Å². The van der Waals surface area contributed by atoms with Crippen molar-refractivity contribution in [3.63, 3.8) is 0 Å². The third-order valence-electron chi connectivity index (χ3n) is 5.11. The Labute approximate surface area is 187 Å². The molecule has 0 spiro atoms. The minimum absolute atomic E-state index is 0.186. The lowest BCUT2D eigenvalue weighted by molar-refractivity contribution is -0.423. The van der Waals surface area contributed by atoms with Gasteiger partial charge in [-0.1, -0.05) is 31.9 Å². The van der Waals surface area contributed by atoms with Crippen LogP contribution in [0.15, 0.2) is 24.3 Å². The second-order valence-electron chi connectivity index (χ2n) is 7.79. The summed E-state index contributed by atoms with van der Waals surface area (Å²) < 4.78 is 158. The van der Waals surface area contributed by atoms with Gasteiger partial charge in [0, 0.05) is 11.5 Å². The first-order valence-corrected chi connectivity index (χ1v) is 10.0. The second kappa shape index (κ2) is 10.0. The Bertz CT molecular complexity index is 786. The molecule has 0 radical (unpaired) electrons. The Morgan fingerprint density at radius 2 is 1.32 bits per heavy atom. The molecule has 0 atom stereocenters. The van der Waals surface area contributed by atoms with Gasteiger partial charge in [-0.25, -0.2) is 0 Å². The lowest BCUT2D eigenvalue weighted by Gasteiger charge is -2.37. The van der Waals surface area contributed by atoms with E-state index >= 15 is 0 Å². The zero-order valence-electron chi connectivity index (χ0n) is 17.6. The fourth-order valence-electron chi connectivity index (χ4n) is 2.99. The number of rotatable bonds is 10. The summed E-state index contributed by atoms with van der Waals surface area (Å²) >= 11 is 0. The van der Waals surface area contributed by atoms with Crippen LogP contribution < -0.4 is 4.74 Å². The Hall–Kier alpha value is -1.83. The third kappa shape index (κ3) is 5.52. The summed E-state index contributed by atoms with van der Waals surface area (Å²) in [6, 6.07) is 4.38. The molecule has 0 amide bonds. The van der Waals surface area contributed by atoms with Crippen LogP contribution in [0.25, 0.3) is 0 Å². The fourth-order valence-corrected chi connectivity index (χ4v) is 2.99. The van der Waals surface area contributed by atoms with E-state index in [1.165, 1.54) is 12.1 Å². The zero-order chi connectivity index (χ0) is 26.0. The Kier molecular flexibility index (Phi) is 8.39. The number of unbranched alkanes of at least 4 members (excludes halogenated alkanes) is 1. The molecule has 0 aromatic heterocycles. The van der Waals surface area contributed by atoms with Crippen LogP contribution in [-0.2, 0) is 9.47 Å². The van der Waals surface area contributed by atoms with E-state index in [0.717, 1.165) is 31.4 Å². The van der Waals surface area contributed by atoms with Gasteiger partial charge >= 0.3 is 29.9 Å². The third-order valence-corrected chi connectivity index (χ3v) is 5.11. The first kappa shape index (κ1) is 28.4. The smallest absolute Gasteiger partial charge is 0.460 e. The maximum atomic E-state index is 13.7. The van der Waals surface area contributed by atoms with Crippen molar-refractivity contribution in [2.45, 2.75) is 62.3 Å². The SMILES string of the molecule is CCCCC1COC(c2ccc(OCC(F)(F)C(F)(F)C(F)(F)C(F)(F)C(F)(F)F)cc2)OC1. The number of hydrogen-bond acceptors (Lipinski definition) is 3. The number of halogens is 11. The van der Waals surface area contributed by atoms with Gasteiger partial charge in [-0.15, -0.1) is 0 Å². The van der Waals surface area contributed by atoms with Crippen LogP contribution in [0.5, 0.6) is 5.75 Å². The minimum atomic E-state index is -7.46. The summed E-state index contributed by atoms with van der Waals surface area (Å²) in [6.07, 6.45) is -5.15. The predicted octanol–water partition coefficient (Wildman–Crippen LogP) is 7.02. The van der Waals surface area contributed by atoms with Crippen LogP contribution in [0.4, 0.5) is 48.3 Å². The molecule has 0 aliphatic carbocycles. The van der Waals surface area contributed by atoms with Crippen LogP contribution in [0, 0.1) is 5.92 Å². The average Bonchev–Trinajstić information content (AvgIpc) is 2.76. The highest BCUT2D eigenvalue weighted by atomic mass is 19.4. The van der Waals surface area contributed by atoms with Crippen LogP contribution in [-0.4, -0.2) is 49.7 Å². The van der Waals surface area contributed by atoms with E-state index in [1.807, 2.05) is 6.92 Å². The van der Waals surface area contributed by atoms with Crippen molar-refractivity contribution in [2.75, 3.05) is 19.8 Å². The summed E-state index contributed by atoms with van der Waals surface area (Å²) in [4.78, 5) is 0. The quantitative estimate of drug-likeness (QED) is 0.312. The topological polar surface area (TPSA) is 27.7 Å². The van der Waals surface area contributed by atoms with E-state index in [9.17, 15) is 48.3 Å². The fraction of sp³-hybridized carbons (Fsp3) is 0.700. The zero-order valence-corrected chi connectivity index (χ0v) is 17.6. The Balaban J connectivity index is 2.03. The largest absolute Gasteiger partial charge is 0.487 e. The van der Waals surface area contributed by atoms with Gasteiger partial charge in [-0.2, -0.15) is 48.3 Å². The van der Waals surface area contributed by atoms with Gasteiger partial charge in [0.05, 0.1) is 13.2 Å². The van der Waals surface area contributed by atoms with E-state index in [2.05, 4.69) is 4.74 Å². The number of benzene rings is 1. The molecule has 3 nitrogen and oxygen atoms in total. The van der Waals surface area contributed by atoms with Gasteiger partial charge in [0.25, 0.3) is 0 Å². The van der Waals surface area contributed by atoms with Gasteiger partial charge in [0.2, 0.25) is 0 Å². The van der Waals surface area contributed by atoms with Gasteiger partial charge < -0.3 is 14.2 Å². The lowest BCUT2D eigenvalue weighted by atomic mass is 9.98. The molecule has 14 heteroatoms. The Morgan fingerprint density at radius 3 is 1.79 bits per heavy atom. The van der Waals surface area contributed by atoms with Crippen LogP contribution in [0.1, 0.15) is 38.0 Å². The number of alkyl halides is 11. The van der Waals surface area contributed by atoms with Crippen molar-refractivity contribution < 1.29 is 62.5 Å². The first-order chi connectivity index (χ1) is 15.5. The second-order valence-corrected chi connectivity index (χ2v) is 7.79. The molecular weight excluding hydrogens is 497 g/mol. The standard InChI is InChI=1S/C20H21F11O3/c1-2-3-4-12-9-32-15(33-10-12)13-5-7-14(8-6-13)34-11-16(21,22)17(23,24)18(25,26)19(27,28)20(29,30)31/h5-8,12,15H,2-4,9-11H2,1H3. The number of hydrogen-bond donors (Lipinski definition) is 0. The van der Waals surface area contributed by atoms with Crippen LogP contribution in [0.3, 0.4) is 0 Å². The van der Waals surface area contributed by atoms with Gasteiger partial charge in [0.1, 0.15) is 5.75 Å². The van der Waals surface area contributed by atoms with Crippen molar-refractivity contribution in [3.8, 4) is 5.75 Å². The molecule has 2 rings (SSSR count). The summed E-state index contributed by atoms with van der Waals surface area (Å²) in [5.41, 5.74) is 0.384. The molecule has 0 unspecified atom stereocenters. The highest BCUT2D eigenvalue weighted by Crippen LogP contribution is 2.57. The van der Waals surface area contributed by atoms with Crippen molar-refractivity contribution >= 4 is 0 Å². The van der Waals surface area contributed by atoms with Crippen molar-refractivity contribution in [3.05, 3.63) is 29.8 Å². The normalized spacial score (nSPS) is 20.9. The molecule has 34 heavy (non-hydrogen) atoms. The molecule has 0 bridgehead atoms. The monoisotopic (exact) mass is 518 g/mol. The summed E-state index contributed by atoms with van der Waals surface area (Å²) in [5.74, 6) is -28.5. The van der Waals surface area contributed by atoms with Gasteiger partial charge in [0.15, 0.2) is 12.9 Å². The molecule has 1 aliphatic rings. The minimum Gasteiger partial charge on any atom is -0.487 e. The van der Waals surface area contributed by atoms with E-state index in [1.54, 1.807) is 0 Å². The van der Waals surface area contributed by atoms with E-state index < -0.39 is 48.5 Å². The maximum Gasteiger partial charge on any atom is 0.460 e. The van der Waals surface area contributed by atoms with Crippen LogP contribution >= 0.6 is 0 Å². The molecular formula is C20H21F11O3. The van der Waals surface area contributed by atoms with Gasteiger partial charge in [-0.3, -0.25) is 0 Å². The Morgan fingerprint density at radius 1 is 0.794 bits per heavy atom. The molecule has 1 heterocycles. The molecule has 1 aromatic carbocycles. The number of ether oxygens (including phenoxy) is 3. The van der Waals surface area contributed by atoms with Gasteiger partial charge in [-0.05, 0) is 18.6 Å². The highest BCUT2D eigenvalue weighted by molar-refractivity contribution is 5.28. The molecule has 0 N–H and O–H groups in total. The first-order valence-electron chi connectivity index (χ1n) is 10.0. The molecule has 1 aromatic rings. The predicted molar refractivity (Wildman–Crippen MR) is 95.4 cm³/mol.